The molecule has 29 heavy (non-hydrogen) atoms. The lowest BCUT2D eigenvalue weighted by Gasteiger charge is -2.26. The Kier molecular flexibility index (Phi) is 5.36. The zero-order chi connectivity index (χ0) is 20.4. The summed E-state index contributed by atoms with van der Waals surface area (Å²) < 4.78 is 10.7. The number of thioether (sulfide) groups is 1. The van der Waals surface area contributed by atoms with Gasteiger partial charge in [-0.15, -0.1) is 11.8 Å². The van der Waals surface area contributed by atoms with E-state index in [0.717, 1.165) is 10.5 Å². The van der Waals surface area contributed by atoms with Crippen LogP contribution in [0.25, 0.3) is 0 Å². The van der Waals surface area contributed by atoms with Crippen LogP contribution in [0.3, 0.4) is 0 Å². The van der Waals surface area contributed by atoms with Crippen LogP contribution in [0.1, 0.15) is 11.1 Å². The van der Waals surface area contributed by atoms with Crippen molar-refractivity contribution in [1.29, 1.82) is 0 Å². The number of cyclic esters (lactones) is 1. The van der Waals surface area contributed by atoms with Gasteiger partial charge in [-0.3, -0.25) is 0 Å². The Balaban J connectivity index is 1.79. The lowest BCUT2D eigenvalue weighted by atomic mass is 9.89. The molecule has 0 aromatic heterocycles. The van der Waals surface area contributed by atoms with E-state index in [1.165, 1.54) is 0 Å². The number of carbonyl (C=O) groups is 1. The third-order valence-electron chi connectivity index (χ3n) is 4.91. The van der Waals surface area contributed by atoms with Crippen LogP contribution in [0.4, 0.5) is 0 Å². The van der Waals surface area contributed by atoms with Crippen molar-refractivity contribution >= 4 is 17.7 Å². The van der Waals surface area contributed by atoms with Gasteiger partial charge in [-0.2, -0.15) is 4.89 Å². The summed E-state index contributed by atoms with van der Waals surface area (Å²) in [5, 5.41) is 11.5. The number of ether oxygens (including phenoxy) is 2. The van der Waals surface area contributed by atoms with Gasteiger partial charge in [0.15, 0.2) is 5.76 Å². The van der Waals surface area contributed by atoms with E-state index in [4.69, 9.17) is 19.2 Å². The lowest BCUT2D eigenvalue weighted by molar-refractivity contribution is -0.231. The number of hydrogen-bond acceptors (Lipinski definition) is 7. The summed E-state index contributed by atoms with van der Waals surface area (Å²) in [4.78, 5) is 23.9. The van der Waals surface area contributed by atoms with Crippen molar-refractivity contribution in [3.8, 4) is 5.75 Å². The molecule has 0 radical (unpaired) electrons. The maximum atomic E-state index is 12.7. The van der Waals surface area contributed by atoms with Crippen molar-refractivity contribution in [2.24, 2.45) is 0 Å². The van der Waals surface area contributed by atoms with E-state index >= 15 is 0 Å². The van der Waals surface area contributed by atoms with Crippen LogP contribution < -0.4 is 4.74 Å². The molecule has 4 rings (SSSR count). The summed E-state index contributed by atoms with van der Waals surface area (Å²) in [5.74, 6) is -1.68. The first-order valence-electron chi connectivity index (χ1n) is 9.02. The molecule has 150 valence electrons. The van der Waals surface area contributed by atoms with Gasteiger partial charge in [0.1, 0.15) is 17.9 Å². The molecule has 0 bridgehead atoms. The lowest BCUT2D eigenvalue weighted by Crippen LogP contribution is -2.29. The second-order valence-corrected chi connectivity index (χ2v) is 7.46. The number of rotatable bonds is 6. The number of hydrogen-bond donors (Lipinski definition) is 1. The molecule has 7 heteroatoms. The van der Waals surface area contributed by atoms with E-state index in [1.807, 2.05) is 30.5 Å². The second-order valence-electron chi connectivity index (χ2n) is 6.58. The molecule has 2 aromatic rings. The van der Waals surface area contributed by atoms with Crippen LogP contribution in [-0.2, 0) is 31.5 Å². The van der Waals surface area contributed by atoms with E-state index in [2.05, 4.69) is 0 Å². The molecule has 2 aliphatic heterocycles. The number of benzene rings is 2. The molecule has 1 atom stereocenters. The summed E-state index contributed by atoms with van der Waals surface area (Å²) in [6.45, 7) is 0.225. The average molecular weight is 412 g/mol. The van der Waals surface area contributed by atoms with Gasteiger partial charge in [-0.1, -0.05) is 12.1 Å². The van der Waals surface area contributed by atoms with E-state index in [1.54, 1.807) is 49.2 Å². The van der Waals surface area contributed by atoms with Crippen molar-refractivity contribution in [2.75, 3.05) is 20.0 Å². The molecule has 0 amide bonds. The monoisotopic (exact) mass is 412 g/mol. The molecule has 0 saturated heterocycles. The van der Waals surface area contributed by atoms with Crippen molar-refractivity contribution < 1.29 is 29.1 Å². The molecule has 1 N–H and O–H groups in total. The minimum absolute atomic E-state index is 0.190. The van der Waals surface area contributed by atoms with Crippen LogP contribution in [0.2, 0.25) is 0 Å². The van der Waals surface area contributed by atoms with Crippen molar-refractivity contribution in [1.82, 2.24) is 0 Å². The summed E-state index contributed by atoms with van der Waals surface area (Å²) in [5.41, 5.74) is 1.95. The topological polar surface area (TPSA) is 74.2 Å². The van der Waals surface area contributed by atoms with Gasteiger partial charge in [0.2, 0.25) is 0 Å². The van der Waals surface area contributed by atoms with Gasteiger partial charge in [0.05, 0.1) is 7.11 Å². The number of esters is 1. The standard InChI is InChI=1S/C22H20O6S/c1-25-16-7-5-15(6-8-16)22(24)18(13-14-3-9-17(29-2)10-4-14)20(21(23)27-22)19-11-12-26-28-19/h3-11,24H,12-13H2,1-2H3. The first kappa shape index (κ1) is 19.6. The van der Waals surface area contributed by atoms with Gasteiger partial charge in [-0.25, -0.2) is 4.79 Å². The SMILES string of the molecule is COc1ccc(C2(O)OC(=O)C(C3=CCOO3)=C2Cc2ccc(SC)cc2)cc1. The van der Waals surface area contributed by atoms with E-state index in [0.29, 0.717) is 23.3 Å². The van der Waals surface area contributed by atoms with Gasteiger partial charge in [0, 0.05) is 22.5 Å². The van der Waals surface area contributed by atoms with Gasteiger partial charge in [0.25, 0.3) is 5.79 Å². The highest BCUT2D eigenvalue weighted by Crippen LogP contribution is 2.44. The largest absolute Gasteiger partial charge is 0.497 e. The summed E-state index contributed by atoms with van der Waals surface area (Å²) in [6, 6.07) is 14.7. The van der Waals surface area contributed by atoms with E-state index < -0.39 is 11.8 Å². The highest BCUT2D eigenvalue weighted by molar-refractivity contribution is 7.98. The Labute approximate surface area is 172 Å². The molecule has 0 fully saturated rings. The maximum Gasteiger partial charge on any atom is 0.345 e. The van der Waals surface area contributed by atoms with Crippen LogP contribution in [0.5, 0.6) is 5.75 Å². The molecular weight excluding hydrogens is 392 g/mol. The molecule has 0 aliphatic carbocycles. The summed E-state index contributed by atoms with van der Waals surface area (Å²) in [7, 11) is 1.56. The molecule has 2 aromatic carbocycles. The van der Waals surface area contributed by atoms with Crippen molar-refractivity contribution in [3.63, 3.8) is 0 Å². The minimum atomic E-state index is -1.91. The fraction of sp³-hybridized carbons (Fsp3) is 0.227. The number of carbonyl (C=O) groups excluding carboxylic acids is 1. The highest BCUT2D eigenvalue weighted by Gasteiger charge is 2.49. The Morgan fingerprint density at radius 3 is 2.45 bits per heavy atom. The van der Waals surface area contributed by atoms with Gasteiger partial charge < -0.3 is 19.5 Å². The fourth-order valence-electron chi connectivity index (χ4n) is 3.38. The maximum absolute atomic E-state index is 12.7. The Morgan fingerprint density at radius 1 is 1.14 bits per heavy atom. The first-order chi connectivity index (χ1) is 14.0. The minimum Gasteiger partial charge on any atom is -0.497 e. The molecule has 2 aliphatic rings. The molecule has 1 unspecified atom stereocenters. The van der Waals surface area contributed by atoms with Crippen LogP contribution in [0.15, 0.2) is 76.4 Å². The normalized spacial score (nSPS) is 21.1. The van der Waals surface area contributed by atoms with Gasteiger partial charge >= 0.3 is 5.97 Å². The smallest absolute Gasteiger partial charge is 0.345 e. The van der Waals surface area contributed by atoms with E-state index in [-0.39, 0.29) is 17.9 Å². The third-order valence-corrected chi connectivity index (χ3v) is 5.65. The molecule has 2 heterocycles. The predicted molar refractivity (Wildman–Crippen MR) is 107 cm³/mol. The highest BCUT2D eigenvalue weighted by atomic mass is 32.2. The van der Waals surface area contributed by atoms with Crippen molar-refractivity contribution in [2.45, 2.75) is 17.1 Å². The fourth-order valence-corrected chi connectivity index (χ4v) is 3.79. The quantitative estimate of drug-likeness (QED) is 0.442. The molecular formula is C22H20O6S. The Hall–Kier alpha value is -2.74. The van der Waals surface area contributed by atoms with E-state index in [9.17, 15) is 9.90 Å². The van der Waals surface area contributed by atoms with Crippen LogP contribution in [-0.4, -0.2) is 31.0 Å². The zero-order valence-corrected chi connectivity index (χ0v) is 16.8. The molecule has 0 saturated carbocycles. The zero-order valence-electron chi connectivity index (χ0n) is 16.0. The van der Waals surface area contributed by atoms with Crippen molar-refractivity contribution in [3.05, 3.63) is 82.6 Å². The van der Waals surface area contributed by atoms with Crippen LogP contribution in [0, 0.1) is 0 Å². The molecule has 0 spiro atoms. The Bertz CT molecular complexity index is 977. The average Bonchev–Trinajstić information content (AvgIpc) is 3.35. The summed E-state index contributed by atoms with van der Waals surface area (Å²) in [6.07, 6.45) is 3.96. The third kappa shape index (κ3) is 3.64. The molecule has 6 nitrogen and oxygen atoms in total. The number of methoxy groups -OCH3 is 1. The first-order valence-corrected chi connectivity index (χ1v) is 10.2. The predicted octanol–water partition coefficient (Wildman–Crippen LogP) is 3.50. The van der Waals surface area contributed by atoms with Gasteiger partial charge in [-0.05, 0) is 54.3 Å². The number of aliphatic hydroxyl groups is 1. The summed E-state index contributed by atoms with van der Waals surface area (Å²) >= 11 is 1.64. The Morgan fingerprint density at radius 2 is 1.86 bits per heavy atom. The van der Waals surface area contributed by atoms with Crippen LogP contribution >= 0.6 is 11.8 Å². The second kappa shape index (κ2) is 7.94.